The lowest BCUT2D eigenvalue weighted by atomic mass is 9.84. The van der Waals surface area contributed by atoms with Crippen LogP contribution in [0.15, 0.2) is 12.4 Å². The molecule has 8 heteroatoms. The molecule has 0 bridgehead atoms. The van der Waals surface area contributed by atoms with Crippen LogP contribution < -0.4 is 11.1 Å². The molecule has 1 saturated heterocycles. The largest absolute Gasteiger partial charge is 0.352 e. The van der Waals surface area contributed by atoms with Crippen molar-refractivity contribution in [1.82, 2.24) is 20.0 Å². The molecule has 3 N–H and O–H groups in total. The molecule has 3 rings (SSSR count). The molecule has 7 nitrogen and oxygen atoms in total. The Balaban J connectivity index is 0.00000243. The molecule has 2 fully saturated rings. The number of piperidine rings is 1. The van der Waals surface area contributed by atoms with E-state index in [1.807, 2.05) is 4.90 Å². The van der Waals surface area contributed by atoms with Crippen molar-refractivity contribution in [3.8, 4) is 0 Å². The summed E-state index contributed by atoms with van der Waals surface area (Å²) < 4.78 is 1.62. The van der Waals surface area contributed by atoms with Gasteiger partial charge in [-0.1, -0.05) is 6.42 Å². The Morgan fingerprint density at radius 2 is 2.00 bits per heavy atom. The SMILES string of the molecule is Cl.Cn1cc(C(=O)NCC2CCN(C(=O)C3CCCC(N)C3)CC2)cn1. The minimum absolute atomic E-state index is 0. The van der Waals surface area contributed by atoms with Crippen LogP contribution in [0, 0.1) is 11.8 Å². The van der Waals surface area contributed by atoms with Crippen molar-refractivity contribution in [2.45, 2.75) is 44.6 Å². The topological polar surface area (TPSA) is 93.2 Å². The highest BCUT2D eigenvalue weighted by atomic mass is 35.5. The number of carbonyl (C=O) groups excluding carboxylic acids is 2. The van der Waals surface area contributed by atoms with E-state index >= 15 is 0 Å². The standard InChI is InChI=1S/C18H29N5O2.ClH/c1-22-12-15(11-21-22)17(24)20-10-13-5-7-23(8-6-13)18(25)14-3-2-4-16(19)9-14;/h11-14,16H,2-10,19H2,1H3,(H,20,24);1H. The Bertz CT molecular complexity index is 612. The van der Waals surface area contributed by atoms with Gasteiger partial charge in [-0.15, -0.1) is 12.4 Å². The van der Waals surface area contributed by atoms with E-state index in [4.69, 9.17) is 5.73 Å². The molecule has 2 heterocycles. The van der Waals surface area contributed by atoms with Crippen LogP contribution in [0.1, 0.15) is 48.9 Å². The maximum absolute atomic E-state index is 12.7. The molecule has 1 saturated carbocycles. The number of aromatic nitrogens is 2. The summed E-state index contributed by atoms with van der Waals surface area (Å²) in [6.45, 7) is 2.24. The first kappa shape index (κ1) is 20.7. The Hall–Kier alpha value is -1.60. The summed E-state index contributed by atoms with van der Waals surface area (Å²) in [5.74, 6) is 0.750. The zero-order valence-electron chi connectivity index (χ0n) is 15.4. The van der Waals surface area contributed by atoms with E-state index in [1.54, 1.807) is 24.1 Å². The highest BCUT2D eigenvalue weighted by Gasteiger charge is 2.31. The smallest absolute Gasteiger partial charge is 0.254 e. The van der Waals surface area contributed by atoms with Gasteiger partial charge in [0.05, 0.1) is 11.8 Å². The van der Waals surface area contributed by atoms with Gasteiger partial charge in [-0.2, -0.15) is 5.10 Å². The molecule has 0 aromatic carbocycles. The molecule has 2 unspecified atom stereocenters. The molecule has 2 amide bonds. The zero-order valence-corrected chi connectivity index (χ0v) is 16.2. The molecular weight excluding hydrogens is 354 g/mol. The number of likely N-dealkylation sites (tertiary alicyclic amines) is 1. The second kappa shape index (κ2) is 9.37. The molecule has 1 aliphatic heterocycles. The summed E-state index contributed by atoms with van der Waals surface area (Å²) in [7, 11) is 1.79. The van der Waals surface area contributed by atoms with Crippen LogP contribution in [-0.2, 0) is 11.8 Å². The average Bonchev–Trinajstić information content (AvgIpc) is 3.06. The van der Waals surface area contributed by atoms with Gasteiger partial charge in [-0.25, -0.2) is 0 Å². The number of halogens is 1. The average molecular weight is 384 g/mol. The van der Waals surface area contributed by atoms with Crippen molar-refractivity contribution in [2.24, 2.45) is 24.6 Å². The van der Waals surface area contributed by atoms with Crippen LogP contribution in [0.25, 0.3) is 0 Å². The normalized spacial score (nSPS) is 24.0. The summed E-state index contributed by atoms with van der Waals surface area (Å²) in [6, 6.07) is 0.183. The van der Waals surface area contributed by atoms with Crippen molar-refractivity contribution >= 4 is 24.2 Å². The minimum atomic E-state index is -0.0807. The molecule has 26 heavy (non-hydrogen) atoms. The predicted octanol–water partition coefficient (Wildman–Crippen LogP) is 1.33. The van der Waals surface area contributed by atoms with Gasteiger partial charge in [0.15, 0.2) is 0 Å². The van der Waals surface area contributed by atoms with Gasteiger partial charge in [0.2, 0.25) is 5.91 Å². The minimum Gasteiger partial charge on any atom is -0.352 e. The van der Waals surface area contributed by atoms with Gasteiger partial charge in [-0.05, 0) is 38.0 Å². The second-order valence-corrected chi connectivity index (χ2v) is 7.50. The first-order chi connectivity index (χ1) is 12.0. The quantitative estimate of drug-likeness (QED) is 0.820. The molecule has 1 aromatic rings. The number of carbonyl (C=O) groups is 2. The lowest BCUT2D eigenvalue weighted by molar-refractivity contribution is -0.138. The summed E-state index contributed by atoms with van der Waals surface area (Å²) in [5.41, 5.74) is 6.60. The van der Waals surface area contributed by atoms with Crippen molar-refractivity contribution in [1.29, 1.82) is 0 Å². The number of nitrogens with zero attached hydrogens (tertiary/aromatic N) is 3. The first-order valence-corrected chi connectivity index (χ1v) is 9.34. The van der Waals surface area contributed by atoms with E-state index in [0.29, 0.717) is 18.0 Å². The number of nitrogens with two attached hydrogens (primary N) is 1. The van der Waals surface area contributed by atoms with Gasteiger partial charge >= 0.3 is 0 Å². The maximum Gasteiger partial charge on any atom is 0.254 e. The van der Waals surface area contributed by atoms with E-state index in [0.717, 1.165) is 51.6 Å². The van der Waals surface area contributed by atoms with E-state index in [9.17, 15) is 9.59 Å². The van der Waals surface area contributed by atoms with Crippen molar-refractivity contribution in [3.05, 3.63) is 18.0 Å². The fourth-order valence-corrected chi connectivity index (χ4v) is 3.95. The summed E-state index contributed by atoms with van der Waals surface area (Å²) in [6.07, 6.45) is 9.09. The molecule has 146 valence electrons. The third-order valence-corrected chi connectivity index (χ3v) is 5.51. The number of rotatable bonds is 4. The lowest BCUT2D eigenvalue weighted by Crippen LogP contribution is -2.45. The highest BCUT2D eigenvalue weighted by molar-refractivity contribution is 5.93. The molecule has 1 aliphatic carbocycles. The Morgan fingerprint density at radius 1 is 1.27 bits per heavy atom. The van der Waals surface area contributed by atoms with Crippen LogP contribution in [0.5, 0.6) is 0 Å². The highest BCUT2D eigenvalue weighted by Crippen LogP contribution is 2.27. The van der Waals surface area contributed by atoms with Gasteiger partial charge < -0.3 is 16.0 Å². The van der Waals surface area contributed by atoms with Crippen LogP contribution in [0.3, 0.4) is 0 Å². The number of aryl methyl sites for hydroxylation is 1. The fraction of sp³-hybridized carbons (Fsp3) is 0.722. The fourth-order valence-electron chi connectivity index (χ4n) is 3.95. The number of hydrogen-bond acceptors (Lipinski definition) is 4. The van der Waals surface area contributed by atoms with E-state index in [1.165, 1.54) is 0 Å². The lowest BCUT2D eigenvalue weighted by Gasteiger charge is -2.36. The first-order valence-electron chi connectivity index (χ1n) is 9.34. The Morgan fingerprint density at radius 3 is 2.62 bits per heavy atom. The third-order valence-electron chi connectivity index (χ3n) is 5.51. The van der Waals surface area contributed by atoms with Crippen molar-refractivity contribution < 1.29 is 9.59 Å². The Labute approximate surface area is 161 Å². The van der Waals surface area contributed by atoms with Gasteiger partial charge in [0.25, 0.3) is 5.91 Å². The van der Waals surface area contributed by atoms with Crippen LogP contribution in [0.4, 0.5) is 0 Å². The molecule has 2 atom stereocenters. The van der Waals surface area contributed by atoms with Gasteiger partial charge in [0, 0.05) is 44.8 Å². The molecule has 0 spiro atoms. The zero-order chi connectivity index (χ0) is 17.8. The van der Waals surface area contributed by atoms with Crippen molar-refractivity contribution in [3.63, 3.8) is 0 Å². The van der Waals surface area contributed by atoms with Gasteiger partial charge in [-0.3, -0.25) is 14.3 Å². The predicted molar refractivity (Wildman–Crippen MR) is 102 cm³/mol. The van der Waals surface area contributed by atoms with Crippen LogP contribution in [-0.4, -0.2) is 52.2 Å². The van der Waals surface area contributed by atoms with Crippen LogP contribution in [0.2, 0.25) is 0 Å². The third kappa shape index (κ3) is 5.20. The molecule has 1 aromatic heterocycles. The van der Waals surface area contributed by atoms with Crippen LogP contribution >= 0.6 is 12.4 Å². The van der Waals surface area contributed by atoms with Crippen molar-refractivity contribution in [2.75, 3.05) is 19.6 Å². The van der Waals surface area contributed by atoms with E-state index < -0.39 is 0 Å². The summed E-state index contributed by atoms with van der Waals surface area (Å²) >= 11 is 0. The Kier molecular flexibility index (Phi) is 7.46. The monoisotopic (exact) mass is 383 g/mol. The number of amides is 2. The molecule has 2 aliphatic rings. The maximum atomic E-state index is 12.7. The molecule has 0 radical (unpaired) electrons. The van der Waals surface area contributed by atoms with E-state index in [-0.39, 0.29) is 36.2 Å². The molecular formula is C18H30ClN5O2. The number of hydrogen-bond donors (Lipinski definition) is 2. The summed E-state index contributed by atoms with van der Waals surface area (Å²) in [5, 5.41) is 7.00. The second-order valence-electron chi connectivity index (χ2n) is 7.50. The number of nitrogens with one attached hydrogen (secondary N) is 1. The summed E-state index contributed by atoms with van der Waals surface area (Å²) in [4.78, 5) is 26.7. The van der Waals surface area contributed by atoms with Gasteiger partial charge in [0.1, 0.15) is 0 Å². The van der Waals surface area contributed by atoms with E-state index in [2.05, 4.69) is 10.4 Å².